The molecule has 1 aromatic carbocycles. The predicted octanol–water partition coefficient (Wildman–Crippen LogP) is 2.60. The molecule has 12 heavy (non-hydrogen) atoms. The average molecular weight is 176 g/mol. The first kappa shape index (κ1) is 8.70. The van der Waals surface area contributed by atoms with E-state index in [0.717, 1.165) is 6.07 Å². The second-order valence-electron chi connectivity index (χ2n) is 2.09. The van der Waals surface area contributed by atoms with E-state index in [4.69, 9.17) is 0 Å². The average Bonchev–Trinajstić information content (AvgIpc) is 2.05. The summed E-state index contributed by atoms with van der Waals surface area (Å²) < 4.78 is 35.5. The number of benzene rings is 1. The van der Waals surface area contributed by atoms with E-state index >= 15 is 0 Å². The fourth-order valence-electron chi connectivity index (χ4n) is 0.798. The zero-order valence-electron chi connectivity index (χ0n) is 6.10. The minimum absolute atomic E-state index is 0.270. The smallest absolute Gasteiger partial charge is 0.159 e. The van der Waals surface area contributed by atoms with Crippen LogP contribution in [0, 0.1) is 0 Å². The molecule has 0 atom stereocenters. The molecular weight excluding hydrogens is 169 g/mol. The molecule has 0 saturated heterocycles. The van der Waals surface area contributed by atoms with Crippen molar-refractivity contribution in [2.75, 3.05) is 17.5 Å². The molecule has 0 bridgehead atoms. The first-order valence-electron chi connectivity index (χ1n) is 3.25. The van der Waals surface area contributed by atoms with Gasteiger partial charge in [0, 0.05) is 5.69 Å². The van der Waals surface area contributed by atoms with E-state index < -0.39 is 12.1 Å². The maximum absolute atomic E-state index is 11.9. The van der Waals surface area contributed by atoms with Crippen LogP contribution in [-0.2, 0) is 0 Å². The van der Waals surface area contributed by atoms with Gasteiger partial charge in [0.25, 0.3) is 0 Å². The fourth-order valence-corrected chi connectivity index (χ4v) is 0.798. The Morgan fingerprint density at radius 1 is 1.33 bits per heavy atom. The van der Waals surface area contributed by atoms with Gasteiger partial charge in [0.05, 0.1) is 0 Å². The third kappa shape index (κ3) is 2.05. The highest BCUT2D eigenvalue weighted by Gasteiger charge is 2.02. The Kier molecular flexibility index (Phi) is 2.79. The monoisotopic (exact) mass is 176 g/mol. The van der Waals surface area contributed by atoms with E-state index in [2.05, 4.69) is 5.32 Å². The highest BCUT2D eigenvalue weighted by Crippen LogP contribution is 2.19. The lowest BCUT2D eigenvalue weighted by Gasteiger charge is -2.04. The molecule has 0 amide bonds. The summed E-state index contributed by atoms with van der Waals surface area (Å²) in [6, 6.07) is 5.30. The SMILES string of the molecule is FCNc1cccc(N(F)F)c1. The van der Waals surface area contributed by atoms with E-state index in [1.807, 2.05) is 0 Å². The maximum Gasteiger partial charge on any atom is 0.159 e. The number of nitrogens with one attached hydrogen (secondary N) is 1. The van der Waals surface area contributed by atoms with Crippen LogP contribution in [0.15, 0.2) is 24.3 Å². The molecule has 1 aromatic rings. The van der Waals surface area contributed by atoms with Crippen LogP contribution < -0.4 is 10.7 Å². The summed E-state index contributed by atoms with van der Waals surface area (Å²) >= 11 is 0. The molecule has 0 fully saturated rings. The van der Waals surface area contributed by atoms with Gasteiger partial charge in [-0.15, -0.1) is 0 Å². The summed E-state index contributed by atoms with van der Waals surface area (Å²) in [5.41, 5.74) is 0.0590. The largest absolute Gasteiger partial charge is 0.358 e. The van der Waals surface area contributed by atoms with Crippen LogP contribution in [-0.4, -0.2) is 6.80 Å². The van der Waals surface area contributed by atoms with E-state index in [1.165, 1.54) is 18.2 Å². The highest BCUT2D eigenvalue weighted by molar-refractivity contribution is 5.55. The van der Waals surface area contributed by atoms with Gasteiger partial charge >= 0.3 is 0 Å². The summed E-state index contributed by atoms with van der Waals surface area (Å²) in [6.07, 6.45) is 0. The van der Waals surface area contributed by atoms with Crippen molar-refractivity contribution < 1.29 is 13.4 Å². The summed E-state index contributed by atoms with van der Waals surface area (Å²) in [7, 11) is 0. The summed E-state index contributed by atoms with van der Waals surface area (Å²) in [6.45, 7) is -0.776. The summed E-state index contributed by atoms with van der Waals surface area (Å²) in [4.78, 5) is 0. The lowest BCUT2D eigenvalue weighted by molar-refractivity contribution is 0.235. The zero-order chi connectivity index (χ0) is 8.97. The molecule has 66 valence electrons. The van der Waals surface area contributed by atoms with Crippen molar-refractivity contribution >= 4 is 11.4 Å². The van der Waals surface area contributed by atoms with Crippen molar-refractivity contribution in [1.29, 1.82) is 0 Å². The van der Waals surface area contributed by atoms with Crippen molar-refractivity contribution in [2.24, 2.45) is 0 Å². The van der Waals surface area contributed by atoms with Crippen molar-refractivity contribution in [3.8, 4) is 0 Å². The molecule has 0 aliphatic rings. The van der Waals surface area contributed by atoms with E-state index in [9.17, 15) is 13.4 Å². The molecule has 0 radical (unpaired) electrons. The van der Waals surface area contributed by atoms with Gasteiger partial charge in [-0.2, -0.15) is 0 Å². The van der Waals surface area contributed by atoms with E-state index in [-0.39, 0.29) is 5.69 Å². The predicted molar refractivity (Wildman–Crippen MR) is 40.7 cm³/mol. The minimum atomic E-state index is -1.02. The molecule has 1 N–H and O–H groups in total. The molecule has 2 nitrogen and oxygen atoms in total. The van der Waals surface area contributed by atoms with Crippen LogP contribution in [0.5, 0.6) is 0 Å². The van der Waals surface area contributed by atoms with Gasteiger partial charge in [0.2, 0.25) is 0 Å². The summed E-state index contributed by atoms with van der Waals surface area (Å²) in [5.74, 6) is 0. The van der Waals surface area contributed by atoms with Crippen LogP contribution in [0.2, 0.25) is 0 Å². The Bertz CT molecular complexity index is 252. The second kappa shape index (κ2) is 3.85. The topological polar surface area (TPSA) is 15.3 Å². The van der Waals surface area contributed by atoms with Crippen molar-refractivity contribution in [3.05, 3.63) is 24.3 Å². The number of halogens is 3. The number of rotatable bonds is 3. The van der Waals surface area contributed by atoms with Crippen LogP contribution in [0.1, 0.15) is 0 Å². The first-order valence-corrected chi connectivity index (χ1v) is 3.25. The maximum atomic E-state index is 11.9. The fraction of sp³-hybridized carbons (Fsp3) is 0.143. The summed E-state index contributed by atoms with van der Waals surface area (Å²) in [5, 5.41) is 1.25. The molecule has 0 saturated carbocycles. The molecule has 0 unspecified atom stereocenters. The van der Waals surface area contributed by atoms with Gasteiger partial charge in [-0.1, -0.05) is 15.0 Å². The van der Waals surface area contributed by atoms with Crippen molar-refractivity contribution in [3.63, 3.8) is 0 Å². The standard InChI is InChI=1S/C7H7F3N2/c8-5-11-6-2-1-3-7(4-6)12(9)10/h1-4,11H,5H2. The number of anilines is 2. The zero-order valence-corrected chi connectivity index (χ0v) is 6.10. The van der Waals surface area contributed by atoms with Gasteiger partial charge in [0.15, 0.2) is 6.80 Å². The molecular formula is C7H7F3N2. The van der Waals surface area contributed by atoms with Gasteiger partial charge in [-0.05, 0) is 23.5 Å². The normalized spacial score (nSPS) is 9.58. The van der Waals surface area contributed by atoms with Gasteiger partial charge in [-0.3, -0.25) is 0 Å². The molecule has 0 aromatic heterocycles. The van der Waals surface area contributed by atoms with Gasteiger partial charge in [0.1, 0.15) is 5.69 Å². The quantitative estimate of drug-likeness (QED) is 0.562. The van der Waals surface area contributed by atoms with Crippen LogP contribution in [0.25, 0.3) is 0 Å². The molecule has 0 heterocycles. The Balaban J connectivity index is 2.81. The Morgan fingerprint density at radius 2 is 2.08 bits per heavy atom. The first-order chi connectivity index (χ1) is 5.74. The van der Waals surface area contributed by atoms with Crippen molar-refractivity contribution in [2.45, 2.75) is 0 Å². The number of nitrogens with zero attached hydrogens (tertiary/aromatic N) is 1. The molecule has 0 spiro atoms. The Morgan fingerprint density at radius 3 is 2.67 bits per heavy atom. The third-order valence-corrected chi connectivity index (χ3v) is 1.31. The third-order valence-electron chi connectivity index (χ3n) is 1.31. The Hall–Kier alpha value is -1.39. The van der Waals surface area contributed by atoms with Crippen LogP contribution in [0.3, 0.4) is 0 Å². The van der Waals surface area contributed by atoms with E-state index in [1.54, 1.807) is 0 Å². The number of alkyl halides is 1. The highest BCUT2D eigenvalue weighted by atomic mass is 19.4. The Labute approximate surface area is 67.5 Å². The van der Waals surface area contributed by atoms with Crippen LogP contribution in [0.4, 0.5) is 24.7 Å². The molecule has 1 rings (SSSR count). The lowest BCUT2D eigenvalue weighted by atomic mass is 10.3. The lowest BCUT2D eigenvalue weighted by Crippen LogP contribution is -1.98. The molecule has 0 aliphatic carbocycles. The molecule has 5 heteroatoms. The van der Waals surface area contributed by atoms with Crippen LogP contribution >= 0.6 is 0 Å². The minimum Gasteiger partial charge on any atom is -0.358 e. The van der Waals surface area contributed by atoms with Gasteiger partial charge in [-0.25, -0.2) is 4.39 Å². The van der Waals surface area contributed by atoms with Gasteiger partial charge < -0.3 is 5.32 Å². The number of hydrogen-bond acceptors (Lipinski definition) is 2. The van der Waals surface area contributed by atoms with E-state index in [0.29, 0.717) is 5.69 Å². The molecule has 0 aliphatic heterocycles. The second-order valence-corrected chi connectivity index (χ2v) is 2.09. The number of hydrogen-bond donors (Lipinski definition) is 1. The van der Waals surface area contributed by atoms with Crippen molar-refractivity contribution in [1.82, 2.24) is 0 Å².